The summed E-state index contributed by atoms with van der Waals surface area (Å²) in [6, 6.07) is 115. The highest BCUT2D eigenvalue weighted by atomic mass is 16.3. The maximum Gasteiger partial charge on any atom is 0.159 e. The number of fused-ring (bicyclic) bond motifs is 9. The minimum absolute atomic E-state index is 0.151. The topological polar surface area (TPSA) is 32.8 Å². The average Bonchev–Trinajstić information content (AvgIpc) is 1.61. The molecule has 95 heavy (non-hydrogen) atoms. The Balaban J connectivity index is 0.761. The summed E-state index contributed by atoms with van der Waals surface area (Å²) in [5.41, 5.74) is 31.2. The largest absolute Gasteiger partial charge is 0.455 e. The maximum absolute atomic E-state index is 7.37. The van der Waals surface area contributed by atoms with Gasteiger partial charge in [0.25, 0.3) is 0 Å². The van der Waals surface area contributed by atoms with Gasteiger partial charge in [-0.1, -0.05) is 270 Å². The van der Waals surface area contributed by atoms with Crippen LogP contribution >= 0.6 is 0 Å². The van der Waals surface area contributed by atoms with Gasteiger partial charge in [-0.2, -0.15) is 0 Å². The number of benzene rings is 14. The van der Waals surface area contributed by atoms with Crippen LogP contribution in [0.25, 0.3) is 122 Å². The summed E-state index contributed by atoms with van der Waals surface area (Å²) in [5, 5.41) is 4.30. The van der Waals surface area contributed by atoms with Crippen molar-refractivity contribution in [3.63, 3.8) is 0 Å². The molecule has 17 rings (SSSR count). The van der Waals surface area contributed by atoms with E-state index in [-0.39, 0.29) is 5.41 Å². The van der Waals surface area contributed by atoms with Crippen molar-refractivity contribution < 1.29 is 8.83 Å². The number of nitrogens with zero attached hydrogens (tertiary/aromatic N) is 2. The molecule has 454 valence electrons. The molecule has 2 heterocycles. The van der Waals surface area contributed by atoms with Gasteiger partial charge < -0.3 is 18.6 Å². The van der Waals surface area contributed by atoms with Gasteiger partial charge in [-0.3, -0.25) is 0 Å². The van der Waals surface area contributed by atoms with Gasteiger partial charge in [0.2, 0.25) is 0 Å². The van der Waals surface area contributed by atoms with Crippen molar-refractivity contribution in [2.24, 2.45) is 0 Å². The van der Waals surface area contributed by atoms with Crippen LogP contribution in [0.4, 0.5) is 34.1 Å². The quantitative estimate of drug-likeness (QED) is 0.109. The van der Waals surface area contributed by atoms with Gasteiger partial charge in [-0.25, -0.2) is 0 Å². The van der Waals surface area contributed by atoms with Gasteiger partial charge in [-0.05, 0) is 164 Å². The van der Waals surface area contributed by atoms with Gasteiger partial charge >= 0.3 is 0 Å². The number of anilines is 6. The zero-order valence-electron chi connectivity index (χ0n) is 53.6. The monoisotopic (exact) mass is 1220 g/mol. The van der Waals surface area contributed by atoms with Crippen LogP contribution < -0.4 is 9.80 Å². The Hall–Kier alpha value is -11.7. The number of hydrogen-bond donors (Lipinski definition) is 0. The molecule has 0 N–H and O–H groups in total. The zero-order chi connectivity index (χ0) is 63.7. The van der Waals surface area contributed by atoms with E-state index in [1.54, 1.807) is 0 Å². The summed E-state index contributed by atoms with van der Waals surface area (Å²) < 4.78 is 14.2. The van der Waals surface area contributed by atoms with E-state index in [1.807, 2.05) is 0 Å². The highest BCUT2D eigenvalue weighted by Gasteiger charge is 2.38. The van der Waals surface area contributed by atoms with Crippen LogP contribution in [-0.2, 0) is 18.3 Å². The normalized spacial score (nSPS) is 12.4. The van der Waals surface area contributed by atoms with Crippen molar-refractivity contribution >= 4 is 78.0 Å². The molecule has 14 aromatic carbocycles. The van der Waals surface area contributed by atoms with E-state index in [9.17, 15) is 0 Å². The third-order valence-corrected chi connectivity index (χ3v) is 19.9. The fraction of sp³-hybridized carbons (Fsp3) is 0.0769. The first-order valence-corrected chi connectivity index (χ1v) is 33.2. The molecule has 1 aliphatic carbocycles. The molecular weight excluding hydrogens is 1150 g/mol. The van der Waals surface area contributed by atoms with E-state index < -0.39 is 0 Å². The predicted octanol–water partition coefficient (Wildman–Crippen LogP) is 25.9. The van der Waals surface area contributed by atoms with Crippen LogP contribution in [-0.4, -0.2) is 0 Å². The van der Waals surface area contributed by atoms with Crippen LogP contribution in [0.1, 0.15) is 49.9 Å². The summed E-state index contributed by atoms with van der Waals surface area (Å²) in [6.07, 6.45) is 1.81. The molecule has 0 radical (unpaired) electrons. The summed E-state index contributed by atoms with van der Waals surface area (Å²) >= 11 is 0. The number of aryl methyl sites for hydroxylation is 2. The Bertz CT molecular complexity index is 5560. The molecule has 0 aliphatic heterocycles. The lowest BCUT2D eigenvalue weighted by molar-refractivity contribution is 0.660. The Morgan fingerprint density at radius 3 is 1.40 bits per heavy atom. The second kappa shape index (κ2) is 23.4. The van der Waals surface area contributed by atoms with E-state index in [4.69, 9.17) is 8.83 Å². The van der Waals surface area contributed by atoms with Crippen molar-refractivity contribution in [2.75, 3.05) is 9.80 Å². The molecule has 2 aromatic heterocycles. The van der Waals surface area contributed by atoms with Gasteiger partial charge in [0.1, 0.15) is 16.7 Å². The molecule has 0 saturated carbocycles. The molecule has 0 atom stereocenters. The van der Waals surface area contributed by atoms with E-state index in [2.05, 4.69) is 353 Å². The van der Waals surface area contributed by atoms with E-state index >= 15 is 0 Å². The Labute approximate surface area is 554 Å². The Morgan fingerprint density at radius 1 is 0.274 bits per heavy atom. The smallest absolute Gasteiger partial charge is 0.159 e. The lowest BCUT2D eigenvalue weighted by atomic mass is 9.82. The summed E-state index contributed by atoms with van der Waals surface area (Å²) in [7, 11) is 0. The predicted molar refractivity (Wildman–Crippen MR) is 399 cm³/mol. The Kier molecular flexibility index (Phi) is 14.1. The van der Waals surface area contributed by atoms with Crippen molar-refractivity contribution in [3.8, 4) is 77.9 Å². The van der Waals surface area contributed by atoms with Crippen molar-refractivity contribution in [3.05, 3.63) is 338 Å². The van der Waals surface area contributed by atoms with Crippen LogP contribution in [0.3, 0.4) is 0 Å². The molecule has 1 aliphatic rings. The van der Waals surface area contributed by atoms with Gasteiger partial charge in [0.15, 0.2) is 5.58 Å². The van der Waals surface area contributed by atoms with Crippen molar-refractivity contribution in [1.82, 2.24) is 0 Å². The van der Waals surface area contributed by atoms with Crippen molar-refractivity contribution in [1.29, 1.82) is 0 Å². The fourth-order valence-electron chi connectivity index (χ4n) is 15.1. The average molecular weight is 1220 g/mol. The highest BCUT2D eigenvalue weighted by molar-refractivity contribution is 6.15. The number of furan rings is 2. The van der Waals surface area contributed by atoms with E-state index in [0.717, 1.165) is 124 Å². The van der Waals surface area contributed by atoms with Gasteiger partial charge in [0, 0.05) is 66.3 Å². The fourth-order valence-corrected chi connectivity index (χ4v) is 15.1. The molecule has 0 bridgehead atoms. The summed E-state index contributed by atoms with van der Waals surface area (Å²) in [6.45, 7) is 9.22. The first-order valence-electron chi connectivity index (χ1n) is 33.2. The highest BCUT2D eigenvalue weighted by Crippen LogP contribution is 2.55. The molecule has 0 spiro atoms. The first kappa shape index (κ1) is 57.2. The summed E-state index contributed by atoms with van der Waals surface area (Å²) in [4.78, 5) is 4.86. The molecule has 4 heteroatoms. The van der Waals surface area contributed by atoms with E-state index in [1.165, 1.54) is 66.8 Å². The molecule has 0 fully saturated rings. The van der Waals surface area contributed by atoms with Crippen LogP contribution in [0.15, 0.2) is 324 Å². The lowest BCUT2D eigenvalue weighted by Crippen LogP contribution is -2.16. The molecule has 4 nitrogen and oxygen atoms in total. The molecule has 0 amide bonds. The molecular formula is C91H68N2O2. The molecule has 0 unspecified atom stereocenters. The second-order valence-corrected chi connectivity index (χ2v) is 25.6. The second-order valence-electron chi connectivity index (χ2n) is 25.6. The molecule has 0 saturated heterocycles. The van der Waals surface area contributed by atoms with Crippen molar-refractivity contribution in [2.45, 2.75) is 46.0 Å². The molecule has 16 aromatic rings. The first-order chi connectivity index (χ1) is 46.8. The summed E-state index contributed by atoms with van der Waals surface area (Å²) in [5.74, 6) is 0. The number of hydrogen-bond acceptors (Lipinski definition) is 4. The minimum atomic E-state index is -0.151. The van der Waals surface area contributed by atoms with E-state index in [0.29, 0.717) is 0 Å². The number of rotatable bonds is 14. The number of para-hydroxylation sites is 3. The third-order valence-electron chi connectivity index (χ3n) is 19.9. The van der Waals surface area contributed by atoms with Crippen LogP contribution in [0.2, 0.25) is 0 Å². The maximum atomic E-state index is 7.37. The van der Waals surface area contributed by atoms with Crippen LogP contribution in [0.5, 0.6) is 0 Å². The minimum Gasteiger partial charge on any atom is -0.455 e. The van der Waals surface area contributed by atoms with Gasteiger partial charge in [0.05, 0.1) is 17.1 Å². The van der Waals surface area contributed by atoms with Gasteiger partial charge in [-0.15, -0.1) is 0 Å². The SMILES string of the molecule is CCc1ccccc1-c1c(CC)cccc1N(c1ccc(-c2ccccc2)cc1)c1cccc2c1oc1c(-c3ccc(-c4cc(-c5ccc(N(c6ccc(-c7ccccc7)cc6)c6cccc7c6-c6ccccc6C7(C)C)cc5)c5oc6ccccc6c5c4)cc3)cccc12. The third kappa shape index (κ3) is 9.74. The standard InChI is InChI=1S/C91H68N2O2/c1-5-59-23-13-14-29-72(59)86-60(6-2)28-19-37-82(86)93(71-53-47-64(48-54-71)62-26-11-8-12-27-62)84-39-21-34-76-75-33-20-32-73(88(75)95-90(76)84)66-43-41-65(42-44-66)68-57-78(89-79(58-68)74-30-16-18-40-85(74)94-89)67-49-55-70(56-50-67)92(69-51-45-63(46-52-69)61-24-9-7-10-25-61)83-38-22-36-81-87(83)77-31-15-17-35-80(77)91(81,3)4/h7-58H,5-6H2,1-4H3. The Morgan fingerprint density at radius 2 is 0.716 bits per heavy atom. The zero-order valence-corrected chi connectivity index (χ0v) is 53.6. The lowest BCUT2D eigenvalue weighted by Gasteiger charge is -2.29. The van der Waals surface area contributed by atoms with Crippen LogP contribution in [0, 0.1) is 0 Å².